The molecule has 1 aromatic heterocycles. The largest absolute Gasteiger partial charge is 0.333 e. The van der Waals surface area contributed by atoms with Crippen molar-refractivity contribution in [1.82, 2.24) is 20.0 Å². The number of hydrogen-bond donors (Lipinski definition) is 1. The van der Waals surface area contributed by atoms with Crippen molar-refractivity contribution in [2.75, 3.05) is 19.6 Å². The van der Waals surface area contributed by atoms with Gasteiger partial charge in [-0.05, 0) is 13.8 Å². The van der Waals surface area contributed by atoms with Crippen molar-refractivity contribution >= 4 is 5.91 Å². The van der Waals surface area contributed by atoms with Gasteiger partial charge in [-0.15, -0.1) is 0 Å². The maximum atomic E-state index is 12.3. The standard InChI is InChI=1S/C11H18N4O/c1-8-6-12-4-5-15(8)11(16)10-7-13-14(3)9(10)2/h7-8,12H,4-6H2,1-3H3/t8-/m1/s1. The second-order valence-corrected chi connectivity index (χ2v) is 4.32. The van der Waals surface area contributed by atoms with E-state index in [4.69, 9.17) is 0 Å². The van der Waals surface area contributed by atoms with Crippen molar-refractivity contribution in [2.24, 2.45) is 7.05 Å². The van der Waals surface area contributed by atoms with Gasteiger partial charge in [0, 0.05) is 38.4 Å². The lowest BCUT2D eigenvalue weighted by molar-refractivity contribution is 0.0655. The van der Waals surface area contributed by atoms with Gasteiger partial charge in [0.25, 0.3) is 5.91 Å². The maximum absolute atomic E-state index is 12.3. The van der Waals surface area contributed by atoms with E-state index >= 15 is 0 Å². The summed E-state index contributed by atoms with van der Waals surface area (Å²) in [6.07, 6.45) is 1.66. The van der Waals surface area contributed by atoms with E-state index in [0.717, 1.165) is 30.9 Å². The minimum Gasteiger partial charge on any atom is -0.333 e. The summed E-state index contributed by atoms with van der Waals surface area (Å²) in [5.74, 6) is 0.0969. The van der Waals surface area contributed by atoms with Crippen LogP contribution in [-0.4, -0.2) is 46.3 Å². The first-order chi connectivity index (χ1) is 7.61. The van der Waals surface area contributed by atoms with E-state index in [0.29, 0.717) is 0 Å². The Morgan fingerprint density at radius 3 is 2.94 bits per heavy atom. The second-order valence-electron chi connectivity index (χ2n) is 4.32. The molecule has 88 valence electrons. The molecule has 2 heterocycles. The molecule has 1 saturated heterocycles. The quantitative estimate of drug-likeness (QED) is 0.736. The fourth-order valence-corrected chi connectivity index (χ4v) is 2.01. The summed E-state index contributed by atoms with van der Waals surface area (Å²) in [6.45, 7) is 6.50. The van der Waals surface area contributed by atoms with Crippen LogP contribution < -0.4 is 5.32 Å². The summed E-state index contributed by atoms with van der Waals surface area (Å²) in [5.41, 5.74) is 1.65. The van der Waals surface area contributed by atoms with Crippen LogP contribution in [-0.2, 0) is 7.05 Å². The summed E-state index contributed by atoms with van der Waals surface area (Å²) in [6, 6.07) is 0.251. The number of carbonyl (C=O) groups is 1. The molecule has 0 saturated carbocycles. The van der Waals surface area contributed by atoms with Crippen LogP contribution in [0.5, 0.6) is 0 Å². The smallest absolute Gasteiger partial charge is 0.257 e. The third-order valence-corrected chi connectivity index (χ3v) is 3.23. The Bertz CT molecular complexity index is 399. The van der Waals surface area contributed by atoms with E-state index < -0.39 is 0 Å². The molecular weight excluding hydrogens is 204 g/mol. The number of piperazine rings is 1. The van der Waals surface area contributed by atoms with Crippen LogP contribution in [0.15, 0.2) is 6.20 Å². The van der Waals surface area contributed by atoms with Crippen molar-refractivity contribution in [2.45, 2.75) is 19.9 Å². The molecule has 5 heteroatoms. The Kier molecular flexibility index (Phi) is 2.96. The van der Waals surface area contributed by atoms with E-state index in [1.54, 1.807) is 10.9 Å². The number of hydrogen-bond acceptors (Lipinski definition) is 3. The molecule has 5 nitrogen and oxygen atoms in total. The summed E-state index contributed by atoms with van der Waals surface area (Å²) in [4.78, 5) is 14.2. The van der Waals surface area contributed by atoms with E-state index in [1.165, 1.54) is 0 Å². The molecule has 0 aromatic carbocycles. The zero-order valence-electron chi connectivity index (χ0n) is 10.0. The minimum absolute atomic E-state index is 0.0969. The highest BCUT2D eigenvalue weighted by Crippen LogP contribution is 2.13. The van der Waals surface area contributed by atoms with E-state index in [1.807, 2.05) is 18.9 Å². The van der Waals surface area contributed by atoms with Gasteiger partial charge in [0.1, 0.15) is 0 Å². The number of amides is 1. The topological polar surface area (TPSA) is 50.2 Å². The molecule has 1 amide bonds. The van der Waals surface area contributed by atoms with Crippen LogP contribution in [0, 0.1) is 6.92 Å². The predicted molar refractivity (Wildman–Crippen MR) is 61.3 cm³/mol. The number of aryl methyl sites for hydroxylation is 1. The highest BCUT2D eigenvalue weighted by atomic mass is 16.2. The number of aromatic nitrogens is 2. The lowest BCUT2D eigenvalue weighted by atomic mass is 10.1. The fourth-order valence-electron chi connectivity index (χ4n) is 2.01. The van der Waals surface area contributed by atoms with Crippen molar-refractivity contribution in [3.8, 4) is 0 Å². The van der Waals surface area contributed by atoms with Gasteiger partial charge in [-0.2, -0.15) is 5.10 Å². The Balaban J connectivity index is 2.21. The maximum Gasteiger partial charge on any atom is 0.257 e. The van der Waals surface area contributed by atoms with Crippen LogP contribution in [0.1, 0.15) is 23.0 Å². The molecule has 1 aliphatic heterocycles. The first kappa shape index (κ1) is 11.1. The van der Waals surface area contributed by atoms with Crippen LogP contribution in [0.2, 0.25) is 0 Å². The molecular formula is C11H18N4O. The summed E-state index contributed by atoms with van der Waals surface area (Å²) >= 11 is 0. The average molecular weight is 222 g/mol. The van der Waals surface area contributed by atoms with Crippen LogP contribution >= 0.6 is 0 Å². The molecule has 16 heavy (non-hydrogen) atoms. The molecule has 0 bridgehead atoms. The number of rotatable bonds is 1. The molecule has 1 atom stereocenters. The highest BCUT2D eigenvalue weighted by molar-refractivity contribution is 5.95. The third kappa shape index (κ3) is 1.82. The molecule has 0 aliphatic carbocycles. The van der Waals surface area contributed by atoms with Gasteiger partial charge in [-0.3, -0.25) is 9.48 Å². The Hall–Kier alpha value is -1.36. The van der Waals surface area contributed by atoms with Crippen LogP contribution in [0.3, 0.4) is 0 Å². The Morgan fingerprint density at radius 2 is 2.38 bits per heavy atom. The van der Waals surface area contributed by atoms with Gasteiger partial charge in [0.05, 0.1) is 11.8 Å². The average Bonchev–Trinajstić information content (AvgIpc) is 2.60. The van der Waals surface area contributed by atoms with Crippen molar-refractivity contribution in [3.63, 3.8) is 0 Å². The van der Waals surface area contributed by atoms with E-state index in [-0.39, 0.29) is 11.9 Å². The summed E-state index contributed by atoms with van der Waals surface area (Å²) in [7, 11) is 1.85. The van der Waals surface area contributed by atoms with Gasteiger partial charge >= 0.3 is 0 Å². The lowest BCUT2D eigenvalue weighted by Gasteiger charge is -2.33. The van der Waals surface area contributed by atoms with E-state index in [9.17, 15) is 4.79 Å². The Morgan fingerprint density at radius 1 is 1.62 bits per heavy atom. The normalized spacial score (nSPS) is 21.2. The first-order valence-corrected chi connectivity index (χ1v) is 5.61. The summed E-state index contributed by atoms with van der Waals surface area (Å²) in [5, 5.41) is 7.39. The van der Waals surface area contributed by atoms with Crippen LogP contribution in [0.25, 0.3) is 0 Å². The van der Waals surface area contributed by atoms with Gasteiger partial charge in [-0.25, -0.2) is 0 Å². The molecule has 0 spiro atoms. The highest BCUT2D eigenvalue weighted by Gasteiger charge is 2.26. The minimum atomic E-state index is 0.0969. The summed E-state index contributed by atoms with van der Waals surface area (Å²) < 4.78 is 1.74. The van der Waals surface area contributed by atoms with Crippen molar-refractivity contribution in [3.05, 3.63) is 17.5 Å². The van der Waals surface area contributed by atoms with Gasteiger partial charge in [-0.1, -0.05) is 0 Å². The monoisotopic (exact) mass is 222 g/mol. The molecule has 1 aromatic rings. The molecule has 1 N–H and O–H groups in total. The zero-order chi connectivity index (χ0) is 11.7. The lowest BCUT2D eigenvalue weighted by Crippen LogP contribution is -2.52. The molecule has 0 unspecified atom stereocenters. The van der Waals surface area contributed by atoms with E-state index in [2.05, 4.69) is 17.3 Å². The van der Waals surface area contributed by atoms with Crippen molar-refractivity contribution < 1.29 is 4.79 Å². The van der Waals surface area contributed by atoms with Crippen LogP contribution in [0.4, 0.5) is 0 Å². The molecule has 1 aliphatic rings. The third-order valence-electron chi connectivity index (χ3n) is 3.23. The number of nitrogens with zero attached hydrogens (tertiary/aromatic N) is 3. The molecule has 0 radical (unpaired) electrons. The second kappa shape index (κ2) is 4.25. The van der Waals surface area contributed by atoms with Gasteiger partial charge in [0.15, 0.2) is 0 Å². The van der Waals surface area contributed by atoms with Gasteiger partial charge < -0.3 is 10.2 Å². The first-order valence-electron chi connectivity index (χ1n) is 5.61. The SMILES string of the molecule is Cc1c(C(=O)N2CCNC[C@H]2C)cnn1C. The zero-order valence-corrected chi connectivity index (χ0v) is 10.0. The predicted octanol–water partition coefficient (Wildman–Crippen LogP) is 0.162. The number of nitrogens with one attached hydrogen (secondary N) is 1. The molecule has 1 fully saturated rings. The Labute approximate surface area is 95.4 Å². The van der Waals surface area contributed by atoms with Crippen molar-refractivity contribution in [1.29, 1.82) is 0 Å². The molecule has 2 rings (SSSR count). The number of carbonyl (C=O) groups excluding carboxylic acids is 1. The van der Waals surface area contributed by atoms with Gasteiger partial charge in [0.2, 0.25) is 0 Å². The fraction of sp³-hybridized carbons (Fsp3) is 0.636.